The van der Waals surface area contributed by atoms with Gasteiger partial charge in [0.15, 0.2) is 0 Å². The molecule has 0 saturated heterocycles. The molecule has 2 heterocycles. The molecule has 1 amide bonds. The zero-order valence-corrected chi connectivity index (χ0v) is 17.8. The molecule has 0 fully saturated rings. The smallest absolute Gasteiger partial charge is 0.416 e. The monoisotopic (exact) mass is 465 g/mol. The number of nitrogens with one attached hydrogen (secondary N) is 2. The number of benzene rings is 2. The van der Waals surface area contributed by atoms with Gasteiger partial charge in [-0.2, -0.15) is 13.2 Å². The van der Waals surface area contributed by atoms with Gasteiger partial charge in [0.2, 0.25) is 0 Å². The molecule has 0 radical (unpaired) electrons. The summed E-state index contributed by atoms with van der Waals surface area (Å²) >= 11 is 0. The summed E-state index contributed by atoms with van der Waals surface area (Å²) in [5.74, 6) is 0.326. The maximum atomic E-state index is 13.0. The molecule has 10 heteroatoms. The van der Waals surface area contributed by atoms with Crippen LogP contribution in [0.5, 0.6) is 5.75 Å². The van der Waals surface area contributed by atoms with E-state index in [4.69, 9.17) is 4.74 Å². The van der Waals surface area contributed by atoms with Crippen LogP contribution in [0, 0.1) is 0 Å². The Morgan fingerprint density at radius 2 is 1.82 bits per heavy atom. The molecule has 172 valence electrons. The summed E-state index contributed by atoms with van der Waals surface area (Å²) in [6, 6.07) is 14.4. The van der Waals surface area contributed by atoms with Crippen LogP contribution in [0.3, 0.4) is 0 Å². The van der Waals surface area contributed by atoms with Gasteiger partial charge >= 0.3 is 6.18 Å². The first-order chi connectivity index (χ1) is 16.3. The zero-order chi connectivity index (χ0) is 24.1. The number of anilines is 3. The average Bonchev–Trinajstić information content (AvgIpc) is 2.84. The Hall–Kier alpha value is -4.47. The highest BCUT2D eigenvalue weighted by Crippen LogP contribution is 2.33. The van der Waals surface area contributed by atoms with E-state index in [1.54, 1.807) is 30.6 Å². The standard InChI is InChI=1S/C24H18F3N5O2/c1-34-21-8-7-15(23(33)31-17-5-2-4-16(13-17)24(25,26)27)12-20(21)32-22-18(6-3-10-29-22)19-9-11-28-14-30-19/h2-14H,1H3,(H,29,32)(H,31,33). The number of rotatable bonds is 6. The highest BCUT2D eigenvalue weighted by atomic mass is 19.4. The number of pyridine rings is 1. The van der Waals surface area contributed by atoms with E-state index < -0.39 is 17.6 Å². The predicted octanol–water partition coefficient (Wildman–Crippen LogP) is 5.56. The average molecular weight is 465 g/mol. The Bertz CT molecular complexity index is 1310. The van der Waals surface area contributed by atoms with Crippen molar-refractivity contribution >= 4 is 23.1 Å². The number of methoxy groups -OCH3 is 1. The minimum absolute atomic E-state index is 0.0286. The fourth-order valence-electron chi connectivity index (χ4n) is 3.21. The van der Waals surface area contributed by atoms with Gasteiger partial charge in [0, 0.05) is 29.2 Å². The van der Waals surface area contributed by atoms with E-state index in [1.165, 1.54) is 37.7 Å². The molecule has 0 aliphatic carbocycles. The van der Waals surface area contributed by atoms with Crippen LogP contribution in [0.1, 0.15) is 15.9 Å². The molecule has 0 atom stereocenters. The lowest BCUT2D eigenvalue weighted by atomic mass is 10.1. The Kier molecular flexibility index (Phi) is 6.39. The third kappa shape index (κ3) is 5.12. The molecular formula is C24H18F3N5O2. The number of amides is 1. The van der Waals surface area contributed by atoms with Gasteiger partial charge in [-0.25, -0.2) is 15.0 Å². The van der Waals surface area contributed by atoms with Crippen molar-refractivity contribution in [2.24, 2.45) is 0 Å². The summed E-state index contributed by atoms with van der Waals surface area (Å²) in [5, 5.41) is 5.65. The molecule has 7 nitrogen and oxygen atoms in total. The number of aromatic nitrogens is 3. The summed E-state index contributed by atoms with van der Waals surface area (Å²) in [4.78, 5) is 25.3. The quantitative estimate of drug-likeness (QED) is 0.388. The highest BCUT2D eigenvalue weighted by Gasteiger charge is 2.30. The van der Waals surface area contributed by atoms with Crippen molar-refractivity contribution in [3.8, 4) is 17.0 Å². The number of carbonyl (C=O) groups is 1. The molecule has 0 aliphatic rings. The molecule has 2 N–H and O–H groups in total. The lowest BCUT2D eigenvalue weighted by Crippen LogP contribution is -2.13. The first-order valence-electron chi connectivity index (χ1n) is 10.0. The van der Waals surface area contributed by atoms with E-state index in [0.717, 1.165) is 12.1 Å². The van der Waals surface area contributed by atoms with Crippen LogP contribution in [0.2, 0.25) is 0 Å². The van der Waals surface area contributed by atoms with Crippen LogP contribution in [0.15, 0.2) is 79.4 Å². The Morgan fingerprint density at radius 1 is 0.971 bits per heavy atom. The van der Waals surface area contributed by atoms with E-state index in [1.807, 2.05) is 6.07 Å². The lowest BCUT2D eigenvalue weighted by Gasteiger charge is -2.15. The van der Waals surface area contributed by atoms with Gasteiger partial charge in [0.25, 0.3) is 5.91 Å². The van der Waals surface area contributed by atoms with Gasteiger partial charge in [-0.1, -0.05) is 6.07 Å². The predicted molar refractivity (Wildman–Crippen MR) is 121 cm³/mol. The second-order valence-corrected chi connectivity index (χ2v) is 7.07. The second-order valence-electron chi connectivity index (χ2n) is 7.07. The van der Waals surface area contributed by atoms with E-state index in [9.17, 15) is 18.0 Å². The number of hydrogen-bond donors (Lipinski definition) is 2. The molecular weight excluding hydrogens is 447 g/mol. The van der Waals surface area contributed by atoms with Gasteiger partial charge in [0.1, 0.15) is 17.9 Å². The van der Waals surface area contributed by atoms with Crippen molar-refractivity contribution in [2.45, 2.75) is 6.18 Å². The summed E-state index contributed by atoms with van der Waals surface area (Å²) < 4.78 is 44.3. The molecule has 2 aromatic heterocycles. The van der Waals surface area contributed by atoms with Crippen LogP contribution in [0.4, 0.5) is 30.4 Å². The van der Waals surface area contributed by atoms with E-state index in [2.05, 4.69) is 25.6 Å². The van der Waals surface area contributed by atoms with Crippen LogP contribution in [-0.2, 0) is 6.18 Å². The Balaban J connectivity index is 1.62. The number of ether oxygens (including phenoxy) is 1. The van der Waals surface area contributed by atoms with Crippen LogP contribution < -0.4 is 15.4 Å². The van der Waals surface area contributed by atoms with Gasteiger partial charge < -0.3 is 15.4 Å². The normalized spacial score (nSPS) is 11.1. The van der Waals surface area contributed by atoms with Crippen LogP contribution >= 0.6 is 0 Å². The Morgan fingerprint density at radius 3 is 2.56 bits per heavy atom. The molecule has 0 bridgehead atoms. The van der Waals surface area contributed by atoms with Gasteiger partial charge in [-0.3, -0.25) is 4.79 Å². The molecule has 0 unspecified atom stereocenters. The third-order valence-electron chi connectivity index (χ3n) is 4.83. The van der Waals surface area contributed by atoms with Crippen molar-refractivity contribution < 1.29 is 22.7 Å². The van der Waals surface area contributed by atoms with Gasteiger partial charge in [-0.05, 0) is 54.6 Å². The first kappa shape index (κ1) is 22.7. The number of carbonyl (C=O) groups excluding carboxylic acids is 1. The minimum Gasteiger partial charge on any atom is -0.495 e. The number of hydrogen-bond acceptors (Lipinski definition) is 6. The van der Waals surface area contributed by atoms with E-state index >= 15 is 0 Å². The lowest BCUT2D eigenvalue weighted by molar-refractivity contribution is -0.137. The van der Waals surface area contributed by atoms with Crippen molar-refractivity contribution in [3.05, 3.63) is 90.5 Å². The fraction of sp³-hybridized carbons (Fsp3) is 0.0833. The summed E-state index contributed by atoms with van der Waals surface area (Å²) in [6.45, 7) is 0. The molecule has 4 aromatic rings. The van der Waals surface area contributed by atoms with Crippen LogP contribution in [0.25, 0.3) is 11.3 Å². The molecule has 4 rings (SSSR count). The van der Waals surface area contributed by atoms with Crippen LogP contribution in [-0.4, -0.2) is 28.0 Å². The van der Waals surface area contributed by atoms with Crippen molar-refractivity contribution in [2.75, 3.05) is 17.7 Å². The second kappa shape index (κ2) is 9.57. The molecule has 0 spiro atoms. The third-order valence-corrected chi connectivity index (χ3v) is 4.83. The molecule has 0 saturated carbocycles. The summed E-state index contributed by atoms with van der Waals surface area (Å²) in [7, 11) is 1.48. The van der Waals surface area contributed by atoms with Crippen molar-refractivity contribution in [1.82, 2.24) is 15.0 Å². The number of nitrogens with zero attached hydrogens (tertiary/aromatic N) is 3. The maximum absolute atomic E-state index is 13.0. The first-order valence-corrected chi connectivity index (χ1v) is 10.0. The fourth-order valence-corrected chi connectivity index (χ4v) is 3.21. The molecule has 34 heavy (non-hydrogen) atoms. The topological polar surface area (TPSA) is 89.0 Å². The highest BCUT2D eigenvalue weighted by molar-refractivity contribution is 6.05. The van der Waals surface area contributed by atoms with E-state index in [0.29, 0.717) is 28.5 Å². The zero-order valence-electron chi connectivity index (χ0n) is 17.8. The maximum Gasteiger partial charge on any atom is 0.416 e. The van der Waals surface area contributed by atoms with Crippen molar-refractivity contribution in [1.29, 1.82) is 0 Å². The largest absolute Gasteiger partial charge is 0.495 e. The molecule has 0 aliphatic heterocycles. The summed E-state index contributed by atoms with van der Waals surface area (Å²) in [6.07, 6.45) is 0.121. The SMILES string of the molecule is COc1ccc(C(=O)Nc2cccc(C(F)(F)F)c2)cc1Nc1ncccc1-c1ccncn1. The van der Waals surface area contributed by atoms with Gasteiger partial charge in [0.05, 0.1) is 24.1 Å². The number of alkyl halides is 3. The Labute approximate surface area is 192 Å². The van der Waals surface area contributed by atoms with Crippen molar-refractivity contribution in [3.63, 3.8) is 0 Å². The van der Waals surface area contributed by atoms with Gasteiger partial charge in [-0.15, -0.1) is 0 Å². The van der Waals surface area contributed by atoms with E-state index in [-0.39, 0.29) is 11.3 Å². The molecule has 2 aromatic carbocycles. The summed E-state index contributed by atoms with van der Waals surface area (Å²) in [5.41, 5.74) is 1.16. The minimum atomic E-state index is -4.51. The number of halogens is 3.